The Morgan fingerprint density at radius 3 is 2.34 bits per heavy atom. The molecular weight excluding hydrogens is 382 g/mol. The van der Waals surface area contributed by atoms with Crippen LogP contribution in [0.4, 0.5) is 14.5 Å². The Bertz CT molecular complexity index is 900. The minimum atomic E-state index is -1.11. The summed E-state index contributed by atoms with van der Waals surface area (Å²) in [6.45, 7) is 1.41. The van der Waals surface area contributed by atoms with Gasteiger partial charge < -0.3 is 15.5 Å². The lowest BCUT2D eigenvalue weighted by atomic mass is 9.96. The molecule has 0 saturated carbocycles. The van der Waals surface area contributed by atoms with E-state index >= 15 is 0 Å². The van der Waals surface area contributed by atoms with Crippen LogP contribution >= 0.6 is 0 Å². The van der Waals surface area contributed by atoms with Crippen LogP contribution in [0.3, 0.4) is 0 Å². The highest BCUT2D eigenvalue weighted by atomic mass is 19.2. The van der Waals surface area contributed by atoms with Crippen molar-refractivity contribution in [1.29, 1.82) is 0 Å². The molecule has 0 aliphatic carbocycles. The second-order valence-corrected chi connectivity index (χ2v) is 6.76. The molecule has 2 N–H and O–H groups in total. The fourth-order valence-corrected chi connectivity index (χ4v) is 3.10. The van der Waals surface area contributed by atoms with Crippen molar-refractivity contribution in [2.45, 2.75) is 12.8 Å². The zero-order valence-corrected chi connectivity index (χ0v) is 15.5. The molecule has 1 aliphatic heterocycles. The van der Waals surface area contributed by atoms with Crippen molar-refractivity contribution >= 4 is 23.4 Å². The number of benzene rings is 1. The Balaban J connectivity index is 1.42. The fourth-order valence-electron chi connectivity index (χ4n) is 3.10. The lowest BCUT2D eigenvalue weighted by Crippen LogP contribution is -2.43. The summed E-state index contributed by atoms with van der Waals surface area (Å²) in [7, 11) is 0. The van der Waals surface area contributed by atoms with Crippen LogP contribution < -0.4 is 10.6 Å². The highest BCUT2D eigenvalue weighted by Gasteiger charge is 2.24. The van der Waals surface area contributed by atoms with E-state index in [4.69, 9.17) is 0 Å². The van der Waals surface area contributed by atoms with E-state index in [9.17, 15) is 23.2 Å². The number of nitrogens with one attached hydrogen (secondary N) is 2. The van der Waals surface area contributed by atoms with Gasteiger partial charge in [0.2, 0.25) is 0 Å². The second-order valence-electron chi connectivity index (χ2n) is 6.76. The molecule has 1 fully saturated rings. The maximum atomic E-state index is 13.2. The van der Waals surface area contributed by atoms with Gasteiger partial charge in [-0.05, 0) is 43.0 Å². The number of aromatic nitrogens is 1. The Labute approximate surface area is 166 Å². The number of anilines is 1. The number of carbonyl (C=O) groups is 3. The number of carbonyl (C=O) groups excluding carboxylic acids is 3. The first-order valence-corrected chi connectivity index (χ1v) is 9.17. The first-order valence-electron chi connectivity index (χ1n) is 9.17. The first kappa shape index (κ1) is 20.4. The van der Waals surface area contributed by atoms with Crippen molar-refractivity contribution in [1.82, 2.24) is 15.2 Å². The van der Waals surface area contributed by atoms with Crippen molar-refractivity contribution in [2.24, 2.45) is 5.92 Å². The smallest absolute Gasteiger partial charge is 0.313 e. The Morgan fingerprint density at radius 2 is 1.69 bits per heavy atom. The summed E-state index contributed by atoms with van der Waals surface area (Å²) < 4.78 is 26.1. The minimum absolute atomic E-state index is 0.00742. The zero-order chi connectivity index (χ0) is 20.8. The van der Waals surface area contributed by atoms with Crippen molar-refractivity contribution < 1.29 is 23.2 Å². The molecule has 2 heterocycles. The van der Waals surface area contributed by atoms with E-state index in [1.165, 1.54) is 6.07 Å². The zero-order valence-electron chi connectivity index (χ0n) is 15.5. The molecule has 152 valence electrons. The number of piperidine rings is 1. The molecule has 1 aliphatic rings. The Morgan fingerprint density at radius 1 is 1.00 bits per heavy atom. The summed E-state index contributed by atoms with van der Waals surface area (Å²) in [6.07, 6.45) is 4.53. The van der Waals surface area contributed by atoms with Crippen LogP contribution in [0.2, 0.25) is 0 Å². The highest BCUT2D eigenvalue weighted by molar-refractivity contribution is 6.39. The number of rotatable bonds is 4. The number of nitrogens with zero attached hydrogens (tertiary/aromatic N) is 2. The molecular formula is C20H20F2N4O3. The summed E-state index contributed by atoms with van der Waals surface area (Å²) in [4.78, 5) is 41.9. The van der Waals surface area contributed by atoms with E-state index in [0.29, 0.717) is 38.0 Å². The van der Waals surface area contributed by atoms with Crippen LogP contribution in [0, 0.1) is 17.6 Å². The second kappa shape index (κ2) is 9.22. The number of pyridine rings is 1. The molecule has 0 spiro atoms. The van der Waals surface area contributed by atoms with Gasteiger partial charge in [-0.3, -0.25) is 19.4 Å². The van der Waals surface area contributed by atoms with Gasteiger partial charge >= 0.3 is 11.8 Å². The standard InChI is InChI=1S/C20H20F2N4O3/c21-16-2-1-15(11-17(16)22)25-19(28)18(27)24-12-13-5-9-26(10-6-13)20(29)14-3-7-23-8-4-14/h1-4,7-8,11,13H,5-6,9-10,12H2,(H,24,27)(H,25,28). The first-order chi connectivity index (χ1) is 13.9. The molecule has 3 rings (SSSR count). The predicted octanol–water partition coefficient (Wildman–Crippen LogP) is 1.97. The summed E-state index contributed by atoms with van der Waals surface area (Å²) in [6, 6.07) is 6.17. The van der Waals surface area contributed by atoms with E-state index in [1.807, 2.05) is 0 Å². The lowest BCUT2D eigenvalue weighted by Gasteiger charge is -2.32. The van der Waals surface area contributed by atoms with Gasteiger partial charge in [0, 0.05) is 49.3 Å². The molecule has 7 nitrogen and oxygen atoms in total. The normalized spacial score (nSPS) is 14.3. The SMILES string of the molecule is O=C(NCC1CCN(C(=O)c2ccncc2)CC1)C(=O)Nc1ccc(F)c(F)c1. The van der Waals surface area contributed by atoms with E-state index in [0.717, 1.165) is 12.1 Å². The Kier molecular flexibility index (Phi) is 6.48. The predicted molar refractivity (Wildman–Crippen MR) is 101 cm³/mol. The van der Waals surface area contributed by atoms with Gasteiger partial charge in [0.1, 0.15) is 0 Å². The topological polar surface area (TPSA) is 91.4 Å². The van der Waals surface area contributed by atoms with Crippen LogP contribution in [0.15, 0.2) is 42.7 Å². The molecule has 1 aromatic heterocycles. The van der Waals surface area contributed by atoms with Crippen LogP contribution in [-0.2, 0) is 9.59 Å². The third-order valence-corrected chi connectivity index (χ3v) is 4.76. The summed E-state index contributed by atoms with van der Waals surface area (Å²) in [5.41, 5.74) is 0.577. The maximum absolute atomic E-state index is 13.2. The molecule has 9 heteroatoms. The molecule has 3 amide bonds. The molecule has 2 aromatic rings. The van der Waals surface area contributed by atoms with Gasteiger partial charge in [-0.25, -0.2) is 8.78 Å². The third-order valence-electron chi connectivity index (χ3n) is 4.76. The molecule has 1 saturated heterocycles. The van der Waals surface area contributed by atoms with Crippen LogP contribution in [-0.4, -0.2) is 47.2 Å². The summed E-state index contributed by atoms with van der Waals surface area (Å²) >= 11 is 0. The quantitative estimate of drug-likeness (QED) is 0.765. The monoisotopic (exact) mass is 402 g/mol. The van der Waals surface area contributed by atoms with E-state index < -0.39 is 23.4 Å². The molecule has 29 heavy (non-hydrogen) atoms. The van der Waals surface area contributed by atoms with Gasteiger partial charge in [0.25, 0.3) is 5.91 Å². The minimum Gasteiger partial charge on any atom is -0.348 e. The largest absolute Gasteiger partial charge is 0.348 e. The number of halogens is 2. The molecule has 0 unspecified atom stereocenters. The Hall–Kier alpha value is -3.36. The number of hydrogen-bond acceptors (Lipinski definition) is 4. The van der Waals surface area contributed by atoms with E-state index in [2.05, 4.69) is 15.6 Å². The van der Waals surface area contributed by atoms with Gasteiger partial charge in [0.15, 0.2) is 11.6 Å². The van der Waals surface area contributed by atoms with Gasteiger partial charge in [0.05, 0.1) is 0 Å². The van der Waals surface area contributed by atoms with E-state index in [1.54, 1.807) is 29.4 Å². The van der Waals surface area contributed by atoms with Crippen LogP contribution in [0.1, 0.15) is 23.2 Å². The van der Waals surface area contributed by atoms with Crippen molar-refractivity contribution in [2.75, 3.05) is 25.0 Å². The van der Waals surface area contributed by atoms with E-state index in [-0.39, 0.29) is 17.5 Å². The average molecular weight is 402 g/mol. The molecule has 0 atom stereocenters. The van der Waals surface area contributed by atoms with Crippen molar-refractivity contribution in [3.8, 4) is 0 Å². The van der Waals surface area contributed by atoms with Crippen LogP contribution in [0.5, 0.6) is 0 Å². The number of likely N-dealkylation sites (tertiary alicyclic amines) is 1. The lowest BCUT2D eigenvalue weighted by molar-refractivity contribution is -0.136. The summed E-state index contributed by atoms with van der Waals surface area (Å²) in [5.74, 6) is -3.89. The average Bonchev–Trinajstić information content (AvgIpc) is 2.75. The molecule has 0 bridgehead atoms. The van der Waals surface area contributed by atoms with Crippen LogP contribution in [0.25, 0.3) is 0 Å². The van der Waals surface area contributed by atoms with Gasteiger partial charge in [-0.15, -0.1) is 0 Å². The summed E-state index contributed by atoms with van der Waals surface area (Å²) in [5, 5.41) is 4.77. The van der Waals surface area contributed by atoms with Gasteiger partial charge in [-0.1, -0.05) is 0 Å². The fraction of sp³-hybridized carbons (Fsp3) is 0.300. The number of amides is 3. The van der Waals surface area contributed by atoms with Crippen molar-refractivity contribution in [3.63, 3.8) is 0 Å². The third kappa shape index (κ3) is 5.34. The van der Waals surface area contributed by atoms with Crippen molar-refractivity contribution in [3.05, 3.63) is 59.9 Å². The number of hydrogen-bond donors (Lipinski definition) is 2. The highest BCUT2D eigenvalue weighted by Crippen LogP contribution is 2.18. The molecule has 1 aromatic carbocycles. The maximum Gasteiger partial charge on any atom is 0.313 e. The van der Waals surface area contributed by atoms with Gasteiger partial charge in [-0.2, -0.15) is 0 Å². The molecule has 0 radical (unpaired) electrons.